The molecule has 0 heterocycles. The molecule has 0 N–H and O–H groups in total. The van der Waals surface area contributed by atoms with E-state index in [0.29, 0.717) is 24.0 Å². The summed E-state index contributed by atoms with van der Waals surface area (Å²) in [6.45, 7) is 4.46. The number of aryl methyl sites for hydroxylation is 2. The van der Waals surface area contributed by atoms with Gasteiger partial charge in [-0.05, 0) is 48.9 Å². The molecule has 2 aromatic rings. The Labute approximate surface area is 286 Å². The summed E-state index contributed by atoms with van der Waals surface area (Å²) in [5.74, 6) is 0. The number of rotatable bonds is 24. The molecule has 0 aliphatic carbocycles. The van der Waals surface area contributed by atoms with Crippen molar-refractivity contribution in [1.82, 2.24) is 0 Å². The van der Waals surface area contributed by atoms with Crippen LogP contribution in [0.5, 0.6) is 0 Å². The first-order chi connectivity index (χ1) is 21.1. The van der Waals surface area contributed by atoms with Crippen molar-refractivity contribution >= 4 is 20.2 Å². The quantitative estimate of drug-likeness (QED) is 0.0610. The first-order valence-corrected chi connectivity index (χ1v) is 20.0. The van der Waals surface area contributed by atoms with E-state index in [4.69, 9.17) is 0 Å². The van der Waals surface area contributed by atoms with E-state index in [1.807, 2.05) is 0 Å². The van der Waals surface area contributed by atoms with E-state index in [1.54, 1.807) is 36.4 Å². The van der Waals surface area contributed by atoms with Gasteiger partial charge in [0.25, 0.3) is 0 Å². The van der Waals surface area contributed by atoms with Crippen molar-refractivity contribution in [2.24, 2.45) is 0 Å². The van der Waals surface area contributed by atoms with Crippen LogP contribution in [0, 0.1) is 0 Å². The van der Waals surface area contributed by atoms with E-state index in [9.17, 15) is 25.9 Å². The molecule has 257 valence electrons. The van der Waals surface area contributed by atoms with Crippen LogP contribution in [0.4, 0.5) is 0 Å². The Morgan fingerprint density at radius 2 is 0.667 bits per heavy atom. The van der Waals surface area contributed by atoms with Crippen LogP contribution >= 0.6 is 0 Å². The van der Waals surface area contributed by atoms with Crippen LogP contribution < -0.4 is 0 Å². The molecule has 0 saturated carbocycles. The molecule has 9 heteroatoms. The summed E-state index contributed by atoms with van der Waals surface area (Å²) in [6, 6.07) is 13.1. The molecule has 2 aromatic carbocycles. The van der Waals surface area contributed by atoms with Crippen LogP contribution in [0.2, 0.25) is 0 Å². The molecule has 1 radical (unpaired) electrons. The number of hydrogen-bond acceptors (Lipinski definition) is 6. The Kier molecular flexibility index (Phi) is 26.1. The minimum absolute atomic E-state index is 0. The predicted molar refractivity (Wildman–Crippen MR) is 180 cm³/mol. The third kappa shape index (κ3) is 22.1. The molecule has 0 saturated heterocycles. The second-order valence-corrected chi connectivity index (χ2v) is 14.7. The molecule has 0 aliphatic heterocycles. The fraction of sp³-hybridized carbons (Fsp3) is 0.667. The zero-order valence-corrected chi connectivity index (χ0v) is 30.6. The van der Waals surface area contributed by atoms with E-state index < -0.39 is 20.2 Å². The van der Waals surface area contributed by atoms with Gasteiger partial charge in [0.15, 0.2) is 0 Å². The van der Waals surface area contributed by atoms with Crippen LogP contribution in [0.15, 0.2) is 58.3 Å². The minimum Gasteiger partial charge on any atom is -0.744 e. The molecule has 0 aromatic heterocycles. The normalized spacial score (nSPS) is 11.5. The Hall–Kier alpha value is -1.22. The number of unbranched alkanes of at least 4 members (excludes halogenated alkanes) is 18. The monoisotopic (exact) mass is 705 g/mol. The third-order valence-corrected chi connectivity index (χ3v) is 9.96. The van der Waals surface area contributed by atoms with Crippen molar-refractivity contribution in [3.8, 4) is 0 Å². The molecule has 0 atom stereocenters. The zero-order valence-electron chi connectivity index (χ0n) is 27.8. The average Bonchev–Trinajstić information content (AvgIpc) is 2.99. The summed E-state index contributed by atoms with van der Waals surface area (Å²) in [7, 11) is -8.69. The first kappa shape index (κ1) is 43.8. The van der Waals surface area contributed by atoms with Crippen molar-refractivity contribution in [1.29, 1.82) is 0 Å². The molecule has 0 bridgehead atoms. The first-order valence-electron chi connectivity index (χ1n) is 17.2. The SMILES string of the molecule is CCCCCCCCCCCCc1ccccc1S(=O)(=O)[O-].CCCCCCCCCCCCc1ccccc1S(=O)(=O)[O-].[Mn+2]. The summed E-state index contributed by atoms with van der Waals surface area (Å²) in [5, 5.41) is 0. The summed E-state index contributed by atoms with van der Waals surface area (Å²) in [5.41, 5.74) is 1.33. The fourth-order valence-corrected chi connectivity index (χ4v) is 6.99. The maximum absolute atomic E-state index is 11.2. The average molecular weight is 706 g/mol. The summed E-state index contributed by atoms with van der Waals surface area (Å²) >= 11 is 0. The molecule has 6 nitrogen and oxygen atoms in total. The summed E-state index contributed by atoms with van der Waals surface area (Å²) in [4.78, 5) is -0.100. The fourth-order valence-electron chi connectivity index (χ4n) is 5.51. The van der Waals surface area contributed by atoms with Crippen LogP contribution in [-0.4, -0.2) is 25.9 Å². The van der Waals surface area contributed by atoms with Gasteiger partial charge in [-0.1, -0.05) is 166 Å². The largest absolute Gasteiger partial charge is 2.00 e. The number of benzene rings is 2. The van der Waals surface area contributed by atoms with Gasteiger partial charge < -0.3 is 9.11 Å². The smallest absolute Gasteiger partial charge is 0.744 e. The Morgan fingerprint density at radius 1 is 0.422 bits per heavy atom. The molecule has 0 fully saturated rings. The van der Waals surface area contributed by atoms with Crippen molar-refractivity contribution in [3.63, 3.8) is 0 Å². The van der Waals surface area contributed by atoms with E-state index in [2.05, 4.69) is 13.8 Å². The number of hydrogen-bond donors (Lipinski definition) is 0. The summed E-state index contributed by atoms with van der Waals surface area (Å²) in [6.07, 6.45) is 26.3. The molecule has 2 rings (SSSR count). The van der Waals surface area contributed by atoms with Crippen LogP contribution in [0.25, 0.3) is 0 Å². The van der Waals surface area contributed by atoms with E-state index in [0.717, 1.165) is 25.7 Å². The molecule has 0 spiro atoms. The van der Waals surface area contributed by atoms with Crippen molar-refractivity contribution in [2.75, 3.05) is 0 Å². The molecule has 0 aliphatic rings. The van der Waals surface area contributed by atoms with Gasteiger partial charge in [0.2, 0.25) is 0 Å². The van der Waals surface area contributed by atoms with Gasteiger partial charge >= 0.3 is 17.1 Å². The Bertz CT molecular complexity index is 1120. The molecule has 0 unspecified atom stereocenters. The Balaban J connectivity index is 0.000000842. The summed E-state index contributed by atoms with van der Waals surface area (Å²) < 4.78 is 67.1. The maximum atomic E-state index is 11.2. The predicted octanol–water partition coefficient (Wildman–Crippen LogP) is 10.1. The van der Waals surface area contributed by atoms with E-state index in [1.165, 1.54) is 115 Å². The molecular weight excluding hydrogens is 647 g/mol. The van der Waals surface area contributed by atoms with Gasteiger partial charge in [0, 0.05) is 0 Å². The maximum Gasteiger partial charge on any atom is 2.00 e. The second-order valence-electron chi connectivity index (χ2n) is 12.0. The second kappa shape index (κ2) is 26.8. The third-order valence-electron chi connectivity index (χ3n) is 8.08. The van der Waals surface area contributed by atoms with E-state index >= 15 is 0 Å². The molecule has 0 amide bonds. The van der Waals surface area contributed by atoms with Gasteiger partial charge in [-0.15, -0.1) is 0 Å². The van der Waals surface area contributed by atoms with E-state index in [-0.39, 0.29) is 26.9 Å². The molecule has 45 heavy (non-hydrogen) atoms. The van der Waals surface area contributed by atoms with Gasteiger partial charge in [-0.2, -0.15) is 0 Å². The van der Waals surface area contributed by atoms with Gasteiger partial charge in [-0.3, -0.25) is 0 Å². The standard InChI is InChI=1S/2C18H30O3S.Mn/c2*1-2-3-4-5-6-7-8-9-10-11-14-17-15-12-13-16-18(17)22(19,20)21;/h2*12-13,15-16H,2-11,14H2,1H3,(H,19,20,21);/q;;+2/p-2. The van der Waals surface area contributed by atoms with Crippen molar-refractivity contribution < 1.29 is 43.0 Å². The van der Waals surface area contributed by atoms with Crippen LogP contribution in [0.3, 0.4) is 0 Å². The topological polar surface area (TPSA) is 114 Å². The van der Waals surface area contributed by atoms with Gasteiger partial charge in [0.1, 0.15) is 20.2 Å². The van der Waals surface area contributed by atoms with Crippen LogP contribution in [-0.2, 0) is 50.1 Å². The van der Waals surface area contributed by atoms with Gasteiger partial charge in [0.05, 0.1) is 9.79 Å². The minimum atomic E-state index is -4.35. The van der Waals surface area contributed by atoms with Gasteiger partial charge in [-0.25, -0.2) is 16.8 Å². The van der Waals surface area contributed by atoms with Crippen molar-refractivity contribution in [2.45, 2.75) is 165 Å². The molecular formula is C36H58MnO6S2. The zero-order chi connectivity index (χ0) is 32.5. The Morgan fingerprint density at radius 3 is 0.933 bits per heavy atom. The van der Waals surface area contributed by atoms with Crippen LogP contribution in [0.1, 0.15) is 153 Å². The van der Waals surface area contributed by atoms with Crippen molar-refractivity contribution in [3.05, 3.63) is 59.7 Å².